The van der Waals surface area contributed by atoms with E-state index in [2.05, 4.69) is 4.98 Å². The topological polar surface area (TPSA) is 39.9 Å². The van der Waals surface area contributed by atoms with Gasteiger partial charge in [0.25, 0.3) is 0 Å². The minimum Gasteiger partial charge on any atom is -0.370 e. The lowest BCUT2D eigenvalue weighted by atomic mass is 10.00. The van der Waals surface area contributed by atoms with Crippen LogP contribution in [0.15, 0.2) is 79.1 Å². The highest BCUT2D eigenvalue weighted by atomic mass is 19.1. The van der Waals surface area contributed by atoms with Gasteiger partial charge in [-0.05, 0) is 47.5 Å². The predicted molar refractivity (Wildman–Crippen MR) is 107 cm³/mol. The Labute approximate surface area is 163 Å². The number of nitrogens with zero attached hydrogens (tertiary/aromatic N) is 3. The van der Waals surface area contributed by atoms with Crippen molar-refractivity contribution in [2.75, 3.05) is 0 Å². The first-order valence-electron chi connectivity index (χ1n) is 9.06. The number of rotatable bonds is 6. The van der Waals surface area contributed by atoms with E-state index in [4.69, 9.17) is 9.84 Å². The Morgan fingerprint density at radius 1 is 0.857 bits per heavy atom. The van der Waals surface area contributed by atoms with Crippen molar-refractivity contribution in [1.82, 2.24) is 14.8 Å². The molecule has 5 heteroatoms. The lowest BCUT2D eigenvalue weighted by molar-refractivity contribution is 0.102. The predicted octanol–water partition coefficient (Wildman–Crippen LogP) is 5.01. The van der Waals surface area contributed by atoms with Gasteiger partial charge in [-0.25, -0.2) is 4.39 Å². The molecule has 0 atom stereocenters. The number of ether oxygens (including phenoxy) is 1. The van der Waals surface area contributed by atoms with Crippen molar-refractivity contribution >= 4 is 0 Å². The van der Waals surface area contributed by atoms with Gasteiger partial charge in [0.2, 0.25) is 0 Å². The van der Waals surface area contributed by atoms with Crippen LogP contribution in [0, 0.1) is 5.82 Å². The fourth-order valence-corrected chi connectivity index (χ4v) is 3.20. The van der Waals surface area contributed by atoms with E-state index in [-0.39, 0.29) is 5.82 Å². The van der Waals surface area contributed by atoms with Crippen molar-refractivity contribution < 1.29 is 9.13 Å². The average Bonchev–Trinajstić information content (AvgIpc) is 3.06. The van der Waals surface area contributed by atoms with E-state index in [9.17, 15) is 4.39 Å². The number of hydrogen-bond acceptors (Lipinski definition) is 3. The standard InChI is InChI=1S/C23H20FN3O/c1-27-21(16-28-15-17-5-3-2-4-6-17)22(18-11-13-25-14-12-18)23(26-27)19-7-9-20(24)10-8-19/h2-14H,15-16H2,1H3. The zero-order chi connectivity index (χ0) is 19.3. The molecule has 28 heavy (non-hydrogen) atoms. The number of pyridine rings is 1. The van der Waals surface area contributed by atoms with Gasteiger partial charge in [-0.15, -0.1) is 0 Å². The van der Waals surface area contributed by atoms with Crippen molar-refractivity contribution in [3.63, 3.8) is 0 Å². The summed E-state index contributed by atoms with van der Waals surface area (Å²) >= 11 is 0. The van der Waals surface area contributed by atoms with Gasteiger partial charge < -0.3 is 4.74 Å². The first-order valence-corrected chi connectivity index (χ1v) is 9.06. The summed E-state index contributed by atoms with van der Waals surface area (Å²) in [6.45, 7) is 0.935. The summed E-state index contributed by atoms with van der Waals surface area (Å²) in [6.07, 6.45) is 3.51. The van der Waals surface area contributed by atoms with Gasteiger partial charge >= 0.3 is 0 Å². The minimum absolute atomic E-state index is 0.267. The van der Waals surface area contributed by atoms with Gasteiger partial charge in [-0.3, -0.25) is 9.67 Å². The van der Waals surface area contributed by atoms with Crippen molar-refractivity contribution in [1.29, 1.82) is 0 Å². The summed E-state index contributed by atoms with van der Waals surface area (Å²) in [6, 6.07) is 20.4. The second-order valence-electron chi connectivity index (χ2n) is 6.52. The molecule has 2 heterocycles. The maximum Gasteiger partial charge on any atom is 0.123 e. The third-order valence-corrected chi connectivity index (χ3v) is 4.60. The number of aryl methyl sites for hydroxylation is 1. The molecule has 0 unspecified atom stereocenters. The van der Waals surface area contributed by atoms with Gasteiger partial charge in [0.05, 0.1) is 18.9 Å². The molecule has 0 aliphatic carbocycles. The Kier molecular flexibility index (Phi) is 5.26. The first-order chi connectivity index (χ1) is 13.7. The van der Waals surface area contributed by atoms with Crippen LogP contribution in [-0.2, 0) is 25.0 Å². The van der Waals surface area contributed by atoms with Crippen molar-refractivity contribution in [2.24, 2.45) is 7.05 Å². The molecule has 0 saturated carbocycles. The fraction of sp³-hybridized carbons (Fsp3) is 0.130. The molecule has 0 radical (unpaired) electrons. The Balaban J connectivity index is 1.70. The lowest BCUT2D eigenvalue weighted by Gasteiger charge is -2.09. The van der Waals surface area contributed by atoms with E-state index in [0.29, 0.717) is 13.2 Å². The summed E-state index contributed by atoms with van der Waals surface area (Å²) in [7, 11) is 1.90. The van der Waals surface area contributed by atoms with Crippen LogP contribution in [0.25, 0.3) is 22.4 Å². The van der Waals surface area contributed by atoms with Crippen LogP contribution in [0.5, 0.6) is 0 Å². The van der Waals surface area contributed by atoms with Gasteiger partial charge in [0.15, 0.2) is 0 Å². The highest BCUT2D eigenvalue weighted by Gasteiger charge is 2.19. The second-order valence-corrected chi connectivity index (χ2v) is 6.52. The largest absolute Gasteiger partial charge is 0.370 e. The molecular formula is C23H20FN3O. The highest BCUT2D eigenvalue weighted by Crippen LogP contribution is 2.34. The zero-order valence-electron chi connectivity index (χ0n) is 15.5. The molecular weight excluding hydrogens is 353 g/mol. The molecule has 140 valence electrons. The van der Waals surface area contributed by atoms with Crippen LogP contribution in [0.3, 0.4) is 0 Å². The molecule has 0 spiro atoms. The Hall–Kier alpha value is -3.31. The molecule has 0 amide bonds. The molecule has 0 saturated heterocycles. The van der Waals surface area contributed by atoms with E-state index in [1.165, 1.54) is 12.1 Å². The van der Waals surface area contributed by atoms with Gasteiger partial charge in [0.1, 0.15) is 11.5 Å². The van der Waals surface area contributed by atoms with Gasteiger partial charge in [-0.2, -0.15) is 5.10 Å². The third-order valence-electron chi connectivity index (χ3n) is 4.60. The molecule has 0 bridgehead atoms. The Morgan fingerprint density at radius 2 is 1.57 bits per heavy atom. The zero-order valence-corrected chi connectivity index (χ0v) is 15.5. The molecule has 0 N–H and O–H groups in total. The number of halogens is 1. The van der Waals surface area contributed by atoms with Crippen LogP contribution < -0.4 is 0 Å². The molecule has 0 aliphatic heterocycles. The maximum atomic E-state index is 13.4. The summed E-state index contributed by atoms with van der Waals surface area (Å²) in [5.74, 6) is -0.267. The SMILES string of the molecule is Cn1nc(-c2ccc(F)cc2)c(-c2ccncc2)c1COCc1ccccc1. The highest BCUT2D eigenvalue weighted by molar-refractivity contribution is 5.82. The molecule has 2 aromatic carbocycles. The number of hydrogen-bond donors (Lipinski definition) is 0. The fourth-order valence-electron chi connectivity index (χ4n) is 3.20. The molecule has 2 aromatic heterocycles. The summed E-state index contributed by atoms with van der Waals surface area (Å²) < 4.78 is 21.2. The van der Waals surface area contributed by atoms with Crippen molar-refractivity contribution in [3.8, 4) is 22.4 Å². The summed E-state index contributed by atoms with van der Waals surface area (Å²) in [4.78, 5) is 4.12. The van der Waals surface area contributed by atoms with E-state index in [0.717, 1.165) is 33.6 Å². The normalized spacial score (nSPS) is 10.9. The molecule has 0 fully saturated rings. The second kappa shape index (κ2) is 8.15. The first kappa shape index (κ1) is 18.1. The van der Waals surface area contributed by atoms with Crippen LogP contribution in [0.2, 0.25) is 0 Å². The van der Waals surface area contributed by atoms with E-state index >= 15 is 0 Å². The van der Waals surface area contributed by atoms with Gasteiger partial charge in [-0.1, -0.05) is 30.3 Å². The third kappa shape index (κ3) is 3.85. The maximum absolute atomic E-state index is 13.4. The summed E-state index contributed by atoms with van der Waals surface area (Å²) in [5, 5.41) is 4.71. The van der Waals surface area contributed by atoms with Crippen molar-refractivity contribution in [3.05, 3.63) is 96.2 Å². The van der Waals surface area contributed by atoms with E-state index < -0.39 is 0 Å². The Bertz CT molecular complexity index is 1040. The molecule has 4 aromatic rings. The quantitative estimate of drug-likeness (QED) is 0.477. The Morgan fingerprint density at radius 3 is 2.29 bits per heavy atom. The van der Waals surface area contributed by atoms with Crippen molar-refractivity contribution in [2.45, 2.75) is 13.2 Å². The molecule has 4 nitrogen and oxygen atoms in total. The van der Waals surface area contributed by atoms with E-state index in [1.54, 1.807) is 24.5 Å². The molecule has 4 rings (SSSR count). The van der Waals surface area contributed by atoms with E-state index in [1.807, 2.05) is 54.2 Å². The van der Waals surface area contributed by atoms with Gasteiger partial charge in [0, 0.05) is 30.6 Å². The minimum atomic E-state index is -0.267. The monoisotopic (exact) mass is 373 g/mol. The van der Waals surface area contributed by atoms with Crippen LogP contribution in [0.4, 0.5) is 4.39 Å². The van der Waals surface area contributed by atoms with Crippen LogP contribution >= 0.6 is 0 Å². The van der Waals surface area contributed by atoms with Crippen LogP contribution in [0.1, 0.15) is 11.3 Å². The number of aromatic nitrogens is 3. The smallest absolute Gasteiger partial charge is 0.123 e. The lowest BCUT2D eigenvalue weighted by Crippen LogP contribution is -2.02. The number of benzene rings is 2. The average molecular weight is 373 g/mol. The molecule has 0 aliphatic rings. The summed E-state index contributed by atoms with van der Waals surface area (Å²) in [5.41, 5.74) is 5.71. The van der Waals surface area contributed by atoms with Crippen LogP contribution in [-0.4, -0.2) is 14.8 Å².